The van der Waals surface area contributed by atoms with Gasteiger partial charge < -0.3 is 19.8 Å². The Morgan fingerprint density at radius 2 is 1.53 bits per heavy atom. The number of piperidine rings is 2. The van der Waals surface area contributed by atoms with Crippen LogP contribution in [0.4, 0.5) is 18.0 Å². The fraction of sp³-hybridized carbons (Fsp3) is 0.645. The summed E-state index contributed by atoms with van der Waals surface area (Å²) in [7, 11) is 0. The zero-order chi connectivity index (χ0) is 30.3. The normalized spacial score (nSPS) is 23.2. The van der Waals surface area contributed by atoms with Gasteiger partial charge >= 0.3 is 12.2 Å². The Hall–Kier alpha value is -3.12. The van der Waals surface area contributed by atoms with Crippen LogP contribution in [0.15, 0.2) is 30.5 Å². The van der Waals surface area contributed by atoms with E-state index in [1.807, 2.05) is 14.5 Å². The summed E-state index contributed by atoms with van der Waals surface area (Å²) < 4.78 is 42.9. The average Bonchev–Trinajstić information content (AvgIpc) is 3.53. The molecule has 4 fully saturated rings. The van der Waals surface area contributed by atoms with Crippen molar-refractivity contribution < 1.29 is 27.9 Å². The highest BCUT2D eigenvalue weighted by Gasteiger charge is 2.40. The summed E-state index contributed by atoms with van der Waals surface area (Å²) in [5.74, 6) is -0.244. The molecule has 2 N–H and O–H groups in total. The maximum atomic E-state index is 13.7. The Morgan fingerprint density at radius 3 is 2.16 bits per heavy atom. The molecule has 12 heteroatoms. The summed E-state index contributed by atoms with van der Waals surface area (Å²) in [4.78, 5) is 32.4. The van der Waals surface area contributed by atoms with E-state index in [1.54, 1.807) is 24.1 Å². The van der Waals surface area contributed by atoms with E-state index in [0.717, 1.165) is 50.3 Å². The number of amides is 3. The lowest BCUT2D eigenvalue weighted by Gasteiger charge is -2.39. The van der Waals surface area contributed by atoms with Crippen LogP contribution in [0.2, 0.25) is 0 Å². The number of nitrogens with zero attached hydrogens (tertiary/aromatic N) is 5. The Kier molecular flexibility index (Phi) is 8.43. The zero-order valence-corrected chi connectivity index (χ0v) is 24.6. The van der Waals surface area contributed by atoms with Crippen LogP contribution in [0.25, 0.3) is 0 Å². The van der Waals surface area contributed by atoms with Crippen LogP contribution >= 0.6 is 0 Å². The lowest BCUT2D eigenvalue weighted by Crippen LogP contribution is -2.52. The van der Waals surface area contributed by atoms with Crippen LogP contribution in [-0.2, 0) is 6.18 Å². The highest BCUT2D eigenvalue weighted by molar-refractivity contribution is 5.95. The number of hydrogen-bond donors (Lipinski definition) is 2. The van der Waals surface area contributed by atoms with Crippen molar-refractivity contribution in [2.75, 3.05) is 39.3 Å². The molecule has 1 unspecified atom stereocenters. The van der Waals surface area contributed by atoms with Crippen molar-refractivity contribution in [1.82, 2.24) is 29.8 Å². The van der Waals surface area contributed by atoms with Gasteiger partial charge in [0.05, 0.1) is 29.1 Å². The first-order chi connectivity index (χ1) is 20.6. The Bertz CT molecular complexity index is 1310. The van der Waals surface area contributed by atoms with E-state index in [-0.39, 0.29) is 48.0 Å². The topological polar surface area (TPSA) is 93.9 Å². The van der Waals surface area contributed by atoms with Crippen LogP contribution in [0.5, 0.6) is 0 Å². The number of carbonyl (C=O) groups excluding carboxylic acids is 2. The second kappa shape index (κ2) is 12.1. The Balaban J connectivity index is 1.09. The van der Waals surface area contributed by atoms with E-state index in [4.69, 9.17) is 0 Å². The van der Waals surface area contributed by atoms with Gasteiger partial charge in [-0.1, -0.05) is 18.2 Å². The van der Waals surface area contributed by atoms with Crippen molar-refractivity contribution in [2.24, 2.45) is 0 Å². The number of hydrogen-bond acceptors (Lipinski definition) is 5. The smallest absolute Gasteiger partial charge is 0.379 e. The van der Waals surface area contributed by atoms with E-state index in [0.29, 0.717) is 44.7 Å². The maximum Gasteiger partial charge on any atom is 0.416 e. The fourth-order valence-corrected chi connectivity index (χ4v) is 7.15. The van der Waals surface area contributed by atoms with Crippen molar-refractivity contribution in [3.8, 4) is 0 Å². The summed E-state index contributed by atoms with van der Waals surface area (Å²) in [6, 6.07) is 6.05. The molecular weight excluding hydrogens is 561 g/mol. The van der Waals surface area contributed by atoms with Gasteiger partial charge in [0.1, 0.15) is 6.23 Å². The van der Waals surface area contributed by atoms with Crippen LogP contribution in [0.1, 0.15) is 96.9 Å². The van der Waals surface area contributed by atoms with Crippen molar-refractivity contribution in [3.05, 3.63) is 52.8 Å². The lowest BCUT2D eigenvalue weighted by molar-refractivity contribution is -0.138. The molecule has 3 saturated heterocycles. The van der Waals surface area contributed by atoms with Crippen LogP contribution in [0.3, 0.4) is 0 Å². The predicted octanol–water partition coefficient (Wildman–Crippen LogP) is 4.56. The third-order valence-corrected chi connectivity index (χ3v) is 9.53. The van der Waals surface area contributed by atoms with E-state index in [1.165, 1.54) is 12.1 Å². The van der Waals surface area contributed by atoms with Gasteiger partial charge in [0, 0.05) is 57.1 Å². The quantitative estimate of drug-likeness (QED) is 0.473. The number of carbonyl (C=O) groups is 2. The minimum atomic E-state index is -4.43. The third-order valence-electron chi connectivity index (χ3n) is 9.53. The van der Waals surface area contributed by atoms with E-state index >= 15 is 0 Å². The Morgan fingerprint density at radius 1 is 0.907 bits per heavy atom. The van der Waals surface area contributed by atoms with Gasteiger partial charge in [-0.25, -0.2) is 4.79 Å². The molecule has 9 nitrogen and oxygen atoms in total. The molecule has 0 spiro atoms. The van der Waals surface area contributed by atoms with Gasteiger partial charge in [-0.15, -0.1) is 0 Å². The lowest BCUT2D eigenvalue weighted by atomic mass is 9.93. The molecule has 1 aromatic heterocycles. The molecular formula is C31H41F3N6O3. The van der Waals surface area contributed by atoms with Gasteiger partial charge in [-0.2, -0.15) is 18.3 Å². The highest BCUT2D eigenvalue weighted by atomic mass is 19.4. The SMILES string of the molecule is CC(O)NC1CCN(C(=O)N2CCC(n3ncc(C(=O)N4CC[C@@H](c5ccccc5C(F)(F)F)C4)c3C3CC3)CC2)CC1. The molecule has 3 amide bonds. The Labute approximate surface area is 250 Å². The molecule has 2 atom stereocenters. The van der Waals surface area contributed by atoms with Gasteiger partial charge in [0.15, 0.2) is 0 Å². The fourth-order valence-electron chi connectivity index (χ4n) is 7.15. The third kappa shape index (κ3) is 6.40. The molecule has 2 aromatic rings. The molecule has 0 radical (unpaired) electrons. The highest BCUT2D eigenvalue weighted by Crippen LogP contribution is 2.44. The molecule has 6 rings (SSSR count). The zero-order valence-electron chi connectivity index (χ0n) is 24.6. The predicted molar refractivity (Wildman–Crippen MR) is 154 cm³/mol. The molecule has 0 bridgehead atoms. The summed E-state index contributed by atoms with van der Waals surface area (Å²) in [5, 5.41) is 17.4. The second-order valence-corrected chi connectivity index (χ2v) is 12.6. The number of aromatic nitrogens is 2. The number of nitrogens with one attached hydrogen (secondary N) is 1. The largest absolute Gasteiger partial charge is 0.416 e. The second-order valence-electron chi connectivity index (χ2n) is 12.6. The van der Waals surface area contributed by atoms with Crippen molar-refractivity contribution >= 4 is 11.9 Å². The number of likely N-dealkylation sites (tertiary alicyclic amines) is 3. The number of alkyl halides is 3. The summed E-state index contributed by atoms with van der Waals surface area (Å²) in [5.41, 5.74) is 1.15. The summed E-state index contributed by atoms with van der Waals surface area (Å²) in [6.07, 6.45) is 2.27. The molecule has 3 aliphatic heterocycles. The van der Waals surface area contributed by atoms with Crippen LogP contribution in [-0.4, -0.2) is 93.1 Å². The molecule has 1 aliphatic carbocycles. The van der Waals surface area contributed by atoms with Crippen molar-refractivity contribution in [1.29, 1.82) is 0 Å². The number of rotatable bonds is 6. The average molecular weight is 603 g/mol. The van der Waals surface area contributed by atoms with E-state index in [9.17, 15) is 27.9 Å². The monoisotopic (exact) mass is 602 g/mol. The van der Waals surface area contributed by atoms with Gasteiger partial charge in [-0.3, -0.25) is 14.8 Å². The van der Waals surface area contributed by atoms with Crippen molar-refractivity contribution in [2.45, 2.75) is 88.2 Å². The first-order valence-electron chi connectivity index (χ1n) is 15.6. The maximum absolute atomic E-state index is 13.7. The molecule has 234 valence electrons. The van der Waals surface area contributed by atoms with Gasteiger partial charge in [0.25, 0.3) is 5.91 Å². The molecule has 4 heterocycles. The number of aliphatic hydroxyl groups excluding tert-OH is 1. The van der Waals surface area contributed by atoms with Gasteiger partial charge in [0.2, 0.25) is 0 Å². The minimum absolute atomic E-state index is 0.0587. The molecule has 1 aromatic carbocycles. The van der Waals surface area contributed by atoms with Crippen LogP contribution < -0.4 is 5.32 Å². The number of aliphatic hydroxyl groups is 1. The summed E-state index contributed by atoms with van der Waals surface area (Å²) >= 11 is 0. The molecule has 4 aliphatic rings. The first-order valence-corrected chi connectivity index (χ1v) is 15.6. The molecule has 43 heavy (non-hydrogen) atoms. The number of urea groups is 1. The number of halogens is 3. The number of benzene rings is 1. The van der Waals surface area contributed by atoms with Crippen molar-refractivity contribution in [3.63, 3.8) is 0 Å². The van der Waals surface area contributed by atoms with E-state index in [2.05, 4.69) is 10.4 Å². The van der Waals surface area contributed by atoms with Gasteiger partial charge in [-0.05, 0) is 63.5 Å². The molecule has 1 saturated carbocycles. The standard InChI is InChI=1S/C31H41F3N6O3/c1-20(41)36-23-9-14-37(15-10-23)30(43)38-16-11-24(12-17-38)40-28(21-6-7-21)26(18-35-40)29(42)39-13-8-22(19-39)25-4-2-3-5-27(25)31(32,33)34/h2-5,18,20-24,36,41H,6-17,19H2,1H3/t20?,22-/m1/s1. The summed E-state index contributed by atoms with van der Waals surface area (Å²) in [6.45, 7) is 4.95. The minimum Gasteiger partial charge on any atom is -0.379 e. The first kappa shape index (κ1) is 29.9. The van der Waals surface area contributed by atoms with E-state index < -0.39 is 18.0 Å². The van der Waals surface area contributed by atoms with Crippen LogP contribution in [0, 0.1) is 0 Å².